The van der Waals surface area contributed by atoms with E-state index in [9.17, 15) is 9.59 Å². The summed E-state index contributed by atoms with van der Waals surface area (Å²) in [7, 11) is 0. The van der Waals surface area contributed by atoms with E-state index in [1.54, 1.807) is 41.5 Å². The molecule has 0 bridgehead atoms. The third-order valence-corrected chi connectivity index (χ3v) is 3.93. The highest BCUT2D eigenvalue weighted by atomic mass is 79.9. The molecular formula is C20H19BrN2O2. The van der Waals surface area contributed by atoms with Crippen LogP contribution in [-0.2, 0) is 4.79 Å². The molecule has 1 aromatic carbocycles. The molecule has 0 unspecified atom stereocenters. The van der Waals surface area contributed by atoms with Gasteiger partial charge in [0.15, 0.2) is 0 Å². The largest absolute Gasteiger partial charge is 0.330 e. The second-order valence-electron chi connectivity index (χ2n) is 5.28. The summed E-state index contributed by atoms with van der Waals surface area (Å²) >= 11 is 3.42. The first-order valence-electron chi connectivity index (χ1n) is 7.73. The Kier molecular flexibility index (Phi) is 6.71. The van der Waals surface area contributed by atoms with Gasteiger partial charge in [-0.2, -0.15) is 0 Å². The molecule has 0 fully saturated rings. The first kappa shape index (κ1) is 18.7. The smallest absolute Gasteiger partial charge is 0.271 e. The van der Waals surface area contributed by atoms with E-state index in [0.717, 1.165) is 10.0 Å². The molecule has 0 aliphatic rings. The molecule has 0 atom stereocenters. The van der Waals surface area contributed by atoms with Gasteiger partial charge in [0.25, 0.3) is 11.5 Å². The van der Waals surface area contributed by atoms with E-state index in [-0.39, 0.29) is 17.2 Å². The van der Waals surface area contributed by atoms with Crippen molar-refractivity contribution in [2.75, 3.05) is 13.1 Å². The summed E-state index contributed by atoms with van der Waals surface area (Å²) in [5, 5.41) is 0. The predicted octanol–water partition coefficient (Wildman–Crippen LogP) is 3.81. The number of hydrogen-bond donors (Lipinski definition) is 0. The Balaban J connectivity index is 2.58. The summed E-state index contributed by atoms with van der Waals surface area (Å²) in [4.78, 5) is 26.9. The standard InChI is InChI=1S/C20H19BrN2O2/c1-3-11-22(12-4-2)20(25)18(23-13-6-5-10-19(23)24)15-16-8-7-9-17(21)14-16/h3-10,13-15H,1-2,11-12H2/b18-15-. The first-order valence-corrected chi connectivity index (χ1v) is 8.52. The first-order chi connectivity index (χ1) is 12.1. The number of aromatic nitrogens is 1. The average molecular weight is 399 g/mol. The van der Waals surface area contributed by atoms with Crippen molar-refractivity contribution in [3.63, 3.8) is 0 Å². The Morgan fingerprint density at radius 2 is 1.84 bits per heavy atom. The minimum atomic E-state index is -0.270. The molecule has 5 heteroatoms. The van der Waals surface area contributed by atoms with E-state index in [2.05, 4.69) is 29.1 Å². The third kappa shape index (κ3) is 4.90. The molecule has 1 aromatic heterocycles. The zero-order valence-electron chi connectivity index (χ0n) is 13.8. The maximum atomic E-state index is 13.1. The number of carbonyl (C=O) groups is 1. The Morgan fingerprint density at radius 3 is 2.44 bits per heavy atom. The van der Waals surface area contributed by atoms with Crippen LogP contribution in [0.25, 0.3) is 11.8 Å². The highest BCUT2D eigenvalue weighted by molar-refractivity contribution is 9.10. The number of nitrogens with zero attached hydrogens (tertiary/aromatic N) is 2. The highest BCUT2D eigenvalue weighted by Crippen LogP contribution is 2.17. The minimum absolute atomic E-state index is 0.269. The van der Waals surface area contributed by atoms with Crippen molar-refractivity contribution in [2.45, 2.75) is 0 Å². The highest BCUT2D eigenvalue weighted by Gasteiger charge is 2.19. The van der Waals surface area contributed by atoms with Crippen molar-refractivity contribution in [3.05, 3.63) is 94.4 Å². The molecule has 25 heavy (non-hydrogen) atoms. The SMILES string of the molecule is C=CCN(CC=C)C(=O)/C(=C/c1cccc(Br)c1)n1ccccc1=O. The fraction of sp³-hybridized carbons (Fsp3) is 0.100. The lowest BCUT2D eigenvalue weighted by molar-refractivity contribution is -0.124. The van der Waals surface area contributed by atoms with Crippen LogP contribution in [0.4, 0.5) is 0 Å². The second kappa shape index (κ2) is 8.99. The van der Waals surface area contributed by atoms with Crippen molar-refractivity contribution in [1.29, 1.82) is 0 Å². The Labute approximate surface area is 155 Å². The molecule has 0 N–H and O–H groups in total. The van der Waals surface area contributed by atoms with Crippen LogP contribution in [0.2, 0.25) is 0 Å². The van der Waals surface area contributed by atoms with Gasteiger partial charge in [-0.05, 0) is 29.8 Å². The number of carbonyl (C=O) groups excluding carboxylic acids is 1. The summed E-state index contributed by atoms with van der Waals surface area (Å²) < 4.78 is 2.24. The van der Waals surface area contributed by atoms with Crippen molar-refractivity contribution in [2.24, 2.45) is 0 Å². The van der Waals surface area contributed by atoms with Crippen LogP contribution < -0.4 is 5.56 Å². The molecule has 0 aliphatic carbocycles. The molecule has 1 amide bonds. The van der Waals surface area contributed by atoms with Crippen LogP contribution in [0.3, 0.4) is 0 Å². The summed E-state index contributed by atoms with van der Waals surface area (Å²) in [6.07, 6.45) is 6.58. The van der Waals surface area contributed by atoms with Crippen LogP contribution in [0.1, 0.15) is 5.56 Å². The molecule has 128 valence electrons. The topological polar surface area (TPSA) is 42.3 Å². The Bertz CT molecular complexity index is 858. The number of halogens is 1. The second-order valence-corrected chi connectivity index (χ2v) is 6.20. The van der Waals surface area contributed by atoms with Crippen LogP contribution in [0.5, 0.6) is 0 Å². The fourth-order valence-corrected chi connectivity index (χ4v) is 2.75. The van der Waals surface area contributed by atoms with Crippen LogP contribution >= 0.6 is 15.9 Å². The molecule has 0 aliphatic heterocycles. The summed E-state index contributed by atoms with van der Waals surface area (Å²) in [5.74, 6) is -0.270. The van der Waals surface area contributed by atoms with E-state index in [1.807, 2.05) is 24.3 Å². The van der Waals surface area contributed by atoms with Crippen molar-refractivity contribution in [3.8, 4) is 0 Å². The number of rotatable bonds is 7. The van der Waals surface area contributed by atoms with E-state index >= 15 is 0 Å². The van der Waals surface area contributed by atoms with Crippen molar-refractivity contribution < 1.29 is 4.79 Å². The third-order valence-electron chi connectivity index (χ3n) is 3.44. The quantitative estimate of drug-likeness (QED) is 0.525. The zero-order valence-corrected chi connectivity index (χ0v) is 15.4. The van der Waals surface area contributed by atoms with Crippen molar-refractivity contribution in [1.82, 2.24) is 9.47 Å². The molecule has 2 rings (SSSR count). The lowest BCUT2D eigenvalue weighted by Crippen LogP contribution is -2.35. The number of benzene rings is 1. The molecule has 0 radical (unpaired) electrons. The monoisotopic (exact) mass is 398 g/mol. The molecule has 0 spiro atoms. The fourth-order valence-electron chi connectivity index (χ4n) is 2.33. The summed E-state index contributed by atoms with van der Waals surface area (Å²) in [5.41, 5.74) is 0.812. The lowest BCUT2D eigenvalue weighted by Gasteiger charge is -2.22. The molecule has 1 heterocycles. The van der Waals surface area contributed by atoms with Gasteiger partial charge in [0.2, 0.25) is 0 Å². The van der Waals surface area contributed by atoms with Crippen molar-refractivity contribution >= 4 is 33.6 Å². The maximum absolute atomic E-state index is 13.1. The van der Waals surface area contributed by atoms with Gasteiger partial charge in [0.1, 0.15) is 5.70 Å². The normalized spacial score (nSPS) is 11.0. The Hall–Kier alpha value is -2.66. The van der Waals surface area contributed by atoms with E-state index in [1.165, 1.54) is 10.6 Å². The average Bonchev–Trinajstić information content (AvgIpc) is 2.60. The minimum Gasteiger partial charge on any atom is -0.330 e. The maximum Gasteiger partial charge on any atom is 0.271 e. The number of hydrogen-bond acceptors (Lipinski definition) is 2. The molecule has 4 nitrogen and oxygen atoms in total. The summed E-state index contributed by atoms with van der Waals surface area (Å²) in [6.45, 7) is 8.10. The van der Waals surface area contributed by atoms with Gasteiger partial charge in [0, 0.05) is 29.8 Å². The van der Waals surface area contributed by atoms with Gasteiger partial charge in [-0.1, -0.05) is 46.3 Å². The van der Waals surface area contributed by atoms with Gasteiger partial charge >= 0.3 is 0 Å². The zero-order chi connectivity index (χ0) is 18.2. The summed E-state index contributed by atoms with van der Waals surface area (Å²) in [6, 6.07) is 12.3. The number of amides is 1. The van der Waals surface area contributed by atoms with Gasteiger partial charge < -0.3 is 4.90 Å². The molecule has 0 saturated carbocycles. The molecular weight excluding hydrogens is 380 g/mol. The van der Waals surface area contributed by atoms with Gasteiger partial charge in [-0.25, -0.2) is 0 Å². The molecule has 0 saturated heterocycles. The van der Waals surface area contributed by atoms with E-state index < -0.39 is 0 Å². The van der Waals surface area contributed by atoms with E-state index in [0.29, 0.717) is 13.1 Å². The van der Waals surface area contributed by atoms with Gasteiger partial charge in [-0.3, -0.25) is 14.2 Å². The van der Waals surface area contributed by atoms with E-state index in [4.69, 9.17) is 0 Å². The van der Waals surface area contributed by atoms with Gasteiger partial charge in [-0.15, -0.1) is 13.2 Å². The molecule has 2 aromatic rings. The number of pyridine rings is 1. The Morgan fingerprint density at radius 1 is 1.12 bits per heavy atom. The van der Waals surface area contributed by atoms with Gasteiger partial charge in [0.05, 0.1) is 0 Å². The predicted molar refractivity (Wildman–Crippen MR) is 106 cm³/mol. The van der Waals surface area contributed by atoms with Crippen LogP contribution in [0, 0.1) is 0 Å². The van der Waals surface area contributed by atoms with Crippen LogP contribution in [0.15, 0.2) is 83.2 Å². The van der Waals surface area contributed by atoms with Crippen LogP contribution in [-0.4, -0.2) is 28.5 Å². The lowest BCUT2D eigenvalue weighted by atomic mass is 10.1.